The van der Waals surface area contributed by atoms with Gasteiger partial charge in [0.25, 0.3) is 0 Å². The lowest BCUT2D eigenvalue weighted by atomic mass is 10.1. The molecule has 0 spiro atoms. The minimum absolute atomic E-state index is 0.0712. The summed E-state index contributed by atoms with van der Waals surface area (Å²) in [6, 6.07) is 17.8. The van der Waals surface area contributed by atoms with Gasteiger partial charge in [-0.15, -0.1) is 0 Å². The van der Waals surface area contributed by atoms with Crippen LogP contribution in [0.15, 0.2) is 60.7 Å². The van der Waals surface area contributed by atoms with Gasteiger partial charge in [-0.2, -0.15) is 0 Å². The molecule has 2 aromatic carbocycles. The van der Waals surface area contributed by atoms with Gasteiger partial charge in [-0.3, -0.25) is 15.0 Å². The van der Waals surface area contributed by atoms with E-state index in [9.17, 15) is 19.2 Å². The van der Waals surface area contributed by atoms with E-state index in [2.05, 4.69) is 16.1 Å². The number of carbonyl (C=O) groups excluding carboxylic acids is 3. The minimum Gasteiger partial charge on any atom is -0.480 e. The zero-order chi connectivity index (χ0) is 26.2. The molecule has 0 aliphatic heterocycles. The second-order valence-electron chi connectivity index (χ2n) is 8.02. The van der Waals surface area contributed by atoms with Gasteiger partial charge in [0, 0.05) is 26.1 Å². The van der Waals surface area contributed by atoms with Crippen LogP contribution in [0, 0.1) is 0 Å². The molecule has 11 nitrogen and oxygen atoms in total. The lowest BCUT2D eigenvalue weighted by Crippen LogP contribution is -2.45. The van der Waals surface area contributed by atoms with E-state index < -0.39 is 30.1 Å². The lowest BCUT2D eigenvalue weighted by molar-refractivity contribution is -0.139. The van der Waals surface area contributed by atoms with Crippen LogP contribution >= 0.6 is 0 Å². The number of alkyl carbamates (subject to hydrolysis) is 2. The highest BCUT2D eigenvalue weighted by Crippen LogP contribution is 2.06. The number of amides is 3. The van der Waals surface area contributed by atoms with Gasteiger partial charge in [0.2, 0.25) is 5.91 Å². The first-order valence-electron chi connectivity index (χ1n) is 11.5. The molecule has 0 fully saturated rings. The van der Waals surface area contributed by atoms with E-state index >= 15 is 0 Å². The van der Waals surface area contributed by atoms with Crippen LogP contribution in [-0.2, 0) is 32.3 Å². The van der Waals surface area contributed by atoms with Crippen molar-refractivity contribution in [3.8, 4) is 0 Å². The van der Waals surface area contributed by atoms with Crippen molar-refractivity contribution in [3.05, 3.63) is 71.8 Å². The predicted octanol–water partition coefficient (Wildman–Crippen LogP) is 2.43. The number of rotatable bonds is 14. The largest absolute Gasteiger partial charge is 0.480 e. The first kappa shape index (κ1) is 28.1. The number of carbonyl (C=O) groups is 4. The quantitative estimate of drug-likeness (QED) is 0.229. The molecule has 36 heavy (non-hydrogen) atoms. The van der Waals surface area contributed by atoms with Gasteiger partial charge in [-0.1, -0.05) is 60.7 Å². The van der Waals surface area contributed by atoms with Crippen molar-refractivity contribution in [1.29, 1.82) is 0 Å². The van der Waals surface area contributed by atoms with E-state index in [-0.39, 0.29) is 32.7 Å². The molecular formula is C25H32N4O7. The summed E-state index contributed by atoms with van der Waals surface area (Å²) in [5.74, 6) is -1.57. The van der Waals surface area contributed by atoms with Crippen molar-refractivity contribution in [2.75, 3.05) is 20.1 Å². The average Bonchev–Trinajstić information content (AvgIpc) is 2.84. The Balaban J connectivity index is 1.80. The third-order valence-corrected chi connectivity index (χ3v) is 4.87. The van der Waals surface area contributed by atoms with Gasteiger partial charge >= 0.3 is 18.2 Å². The SMILES string of the molecule is CN(CC(=O)O)NC(=O)CC(CCCNC(=O)OCc1ccccc1)NC(=O)OCc1ccccc1. The Labute approximate surface area is 209 Å². The van der Waals surface area contributed by atoms with E-state index in [1.807, 2.05) is 60.7 Å². The highest BCUT2D eigenvalue weighted by Gasteiger charge is 2.19. The van der Waals surface area contributed by atoms with Crippen LogP contribution in [0.5, 0.6) is 0 Å². The van der Waals surface area contributed by atoms with Crippen molar-refractivity contribution < 1.29 is 33.8 Å². The Bertz CT molecular complexity index is 973. The van der Waals surface area contributed by atoms with Crippen molar-refractivity contribution in [2.24, 2.45) is 0 Å². The van der Waals surface area contributed by atoms with E-state index in [4.69, 9.17) is 14.6 Å². The number of likely N-dealkylation sites (N-methyl/N-ethyl adjacent to an activating group) is 1. The summed E-state index contributed by atoms with van der Waals surface area (Å²) in [4.78, 5) is 47.3. The van der Waals surface area contributed by atoms with Gasteiger partial charge in [-0.05, 0) is 24.0 Å². The highest BCUT2D eigenvalue weighted by atomic mass is 16.6. The second-order valence-corrected chi connectivity index (χ2v) is 8.02. The topological polar surface area (TPSA) is 146 Å². The molecule has 0 radical (unpaired) electrons. The Morgan fingerprint density at radius 1 is 0.889 bits per heavy atom. The maximum Gasteiger partial charge on any atom is 0.407 e. The van der Waals surface area contributed by atoms with Crippen molar-refractivity contribution in [2.45, 2.75) is 38.5 Å². The third kappa shape index (κ3) is 12.4. The van der Waals surface area contributed by atoms with Crippen molar-refractivity contribution in [3.63, 3.8) is 0 Å². The third-order valence-electron chi connectivity index (χ3n) is 4.87. The van der Waals surface area contributed by atoms with Crippen molar-refractivity contribution in [1.82, 2.24) is 21.1 Å². The number of hydrazine groups is 1. The Morgan fingerprint density at radius 2 is 1.44 bits per heavy atom. The predicted molar refractivity (Wildman–Crippen MR) is 130 cm³/mol. The second kappa shape index (κ2) is 15.7. The first-order valence-corrected chi connectivity index (χ1v) is 11.5. The zero-order valence-electron chi connectivity index (χ0n) is 20.1. The number of benzene rings is 2. The molecule has 0 saturated heterocycles. The molecule has 0 aromatic heterocycles. The summed E-state index contributed by atoms with van der Waals surface area (Å²) in [5.41, 5.74) is 4.13. The molecule has 11 heteroatoms. The summed E-state index contributed by atoms with van der Waals surface area (Å²) >= 11 is 0. The smallest absolute Gasteiger partial charge is 0.407 e. The van der Waals surface area contributed by atoms with E-state index in [0.717, 1.165) is 16.1 Å². The Hall–Kier alpha value is -4.12. The summed E-state index contributed by atoms with van der Waals surface area (Å²) in [5, 5.41) is 15.3. The molecule has 2 rings (SSSR count). The zero-order valence-corrected chi connectivity index (χ0v) is 20.1. The fourth-order valence-corrected chi connectivity index (χ4v) is 3.19. The normalized spacial score (nSPS) is 11.3. The molecule has 0 aliphatic rings. The van der Waals surface area contributed by atoms with Crippen LogP contribution in [0.4, 0.5) is 9.59 Å². The van der Waals surface area contributed by atoms with Crippen LogP contribution in [-0.4, -0.2) is 60.4 Å². The molecule has 0 aliphatic carbocycles. The van der Waals surface area contributed by atoms with Gasteiger partial charge in [-0.25, -0.2) is 14.6 Å². The van der Waals surface area contributed by atoms with Gasteiger partial charge in [0.15, 0.2) is 0 Å². The number of aliphatic carboxylic acids is 1. The van der Waals surface area contributed by atoms with Gasteiger partial charge < -0.3 is 25.2 Å². The summed E-state index contributed by atoms with van der Waals surface area (Å²) in [7, 11) is 1.42. The number of hydrogen-bond donors (Lipinski definition) is 4. The van der Waals surface area contributed by atoms with E-state index in [0.29, 0.717) is 12.8 Å². The van der Waals surface area contributed by atoms with Crippen LogP contribution in [0.2, 0.25) is 0 Å². The van der Waals surface area contributed by atoms with Gasteiger partial charge in [0.05, 0.1) is 0 Å². The molecule has 4 N–H and O–H groups in total. The van der Waals surface area contributed by atoms with Crippen LogP contribution in [0.3, 0.4) is 0 Å². The number of hydrogen-bond acceptors (Lipinski definition) is 7. The Kier molecular flexibility index (Phi) is 12.3. The fraction of sp³-hybridized carbons (Fsp3) is 0.360. The van der Waals surface area contributed by atoms with Crippen molar-refractivity contribution >= 4 is 24.1 Å². The minimum atomic E-state index is -1.10. The molecule has 0 heterocycles. The molecule has 0 bridgehead atoms. The molecule has 1 unspecified atom stereocenters. The summed E-state index contributed by atoms with van der Waals surface area (Å²) in [6.07, 6.45) is -0.565. The maximum atomic E-state index is 12.3. The van der Waals surface area contributed by atoms with E-state index in [1.165, 1.54) is 7.05 Å². The Morgan fingerprint density at radius 3 is 2.00 bits per heavy atom. The number of nitrogens with zero attached hydrogens (tertiary/aromatic N) is 1. The number of carboxylic acid groups (broad SMARTS) is 1. The lowest BCUT2D eigenvalue weighted by Gasteiger charge is -2.21. The monoisotopic (exact) mass is 500 g/mol. The molecule has 3 amide bonds. The molecule has 194 valence electrons. The van der Waals surface area contributed by atoms with E-state index in [1.54, 1.807) is 0 Å². The number of carboxylic acids is 1. The summed E-state index contributed by atoms with van der Waals surface area (Å²) < 4.78 is 10.4. The summed E-state index contributed by atoms with van der Waals surface area (Å²) in [6.45, 7) is 0.110. The molecule has 0 saturated carbocycles. The number of ether oxygens (including phenoxy) is 2. The van der Waals surface area contributed by atoms with Gasteiger partial charge in [0.1, 0.15) is 19.8 Å². The number of nitrogens with one attached hydrogen (secondary N) is 3. The maximum absolute atomic E-state index is 12.3. The highest BCUT2D eigenvalue weighted by molar-refractivity contribution is 5.78. The molecule has 1 atom stereocenters. The van der Waals surface area contributed by atoms with Crippen LogP contribution in [0.25, 0.3) is 0 Å². The fourth-order valence-electron chi connectivity index (χ4n) is 3.19. The average molecular weight is 501 g/mol. The molecule has 2 aromatic rings. The van der Waals surface area contributed by atoms with Crippen LogP contribution < -0.4 is 16.1 Å². The first-order chi connectivity index (χ1) is 17.3. The van der Waals surface area contributed by atoms with Crippen LogP contribution in [0.1, 0.15) is 30.4 Å². The molecular weight excluding hydrogens is 468 g/mol. The standard InChI is InChI=1S/C25H32N4O7/c1-29(16-23(31)32)28-22(30)15-21(27-25(34)36-18-20-11-6-3-7-12-20)13-8-14-26-24(33)35-17-19-9-4-2-5-10-19/h2-7,9-12,21H,8,13-18H2,1H3,(H,26,33)(H,27,34)(H,28,30)(H,31,32).